The highest BCUT2D eigenvalue weighted by atomic mass is 35.5. The summed E-state index contributed by atoms with van der Waals surface area (Å²) in [7, 11) is -2.34. The molecule has 0 aliphatic heterocycles. The molecule has 166 valence electrons. The summed E-state index contributed by atoms with van der Waals surface area (Å²) in [5, 5.41) is 3.47. The average molecular weight is 491 g/mol. The summed E-state index contributed by atoms with van der Waals surface area (Å²) in [5.41, 5.74) is 1.97. The van der Waals surface area contributed by atoms with Crippen LogP contribution in [0.25, 0.3) is 6.08 Å². The summed E-state index contributed by atoms with van der Waals surface area (Å²) >= 11 is 11.9. The van der Waals surface area contributed by atoms with Gasteiger partial charge in [-0.05, 0) is 72.7 Å². The average Bonchev–Trinajstić information content (AvgIpc) is 2.76. The van der Waals surface area contributed by atoms with Gasteiger partial charge in [0.2, 0.25) is 5.91 Å². The highest BCUT2D eigenvalue weighted by Gasteiger charge is 2.18. The molecule has 32 heavy (non-hydrogen) atoms. The summed E-state index contributed by atoms with van der Waals surface area (Å²) in [6, 6.07) is 16.2. The SMILES string of the molecule is COc1ccc(NS(=O)(=O)c2cc(NC(=O)/C=C/c3ccc(Cl)c(Cl)c3)ccc2C)cc1. The largest absolute Gasteiger partial charge is 0.497 e. The Hall–Kier alpha value is -3.00. The van der Waals surface area contributed by atoms with Crippen molar-refractivity contribution in [2.24, 2.45) is 0 Å². The van der Waals surface area contributed by atoms with E-state index in [1.165, 1.54) is 19.3 Å². The predicted octanol–water partition coefficient (Wildman–Crippen LogP) is 5.76. The van der Waals surface area contributed by atoms with Gasteiger partial charge in [-0.3, -0.25) is 9.52 Å². The number of nitrogens with one attached hydrogen (secondary N) is 2. The molecule has 0 saturated heterocycles. The van der Waals surface area contributed by atoms with Crippen molar-refractivity contribution >= 4 is 56.6 Å². The van der Waals surface area contributed by atoms with E-state index < -0.39 is 15.9 Å². The zero-order valence-electron chi connectivity index (χ0n) is 17.2. The molecule has 9 heteroatoms. The number of amides is 1. The van der Waals surface area contributed by atoms with Gasteiger partial charge in [0, 0.05) is 17.5 Å². The molecule has 0 spiro atoms. The highest BCUT2D eigenvalue weighted by molar-refractivity contribution is 7.92. The van der Waals surface area contributed by atoms with E-state index in [2.05, 4.69) is 10.0 Å². The topological polar surface area (TPSA) is 84.5 Å². The third-order valence-corrected chi connectivity index (χ3v) is 6.72. The number of aryl methyl sites for hydroxylation is 1. The fourth-order valence-electron chi connectivity index (χ4n) is 2.81. The van der Waals surface area contributed by atoms with Crippen LogP contribution in [0.15, 0.2) is 71.6 Å². The van der Waals surface area contributed by atoms with Gasteiger partial charge in [-0.1, -0.05) is 35.3 Å². The lowest BCUT2D eigenvalue weighted by atomic mass is 10.2. The van der Waals surface area contributed by atoms with Gasteiger partial charge in [0.05, 0.1) is 22.1 Å². The van der Waals surface area contributed by atoms with Gasteiger partial charge in [0.15, 0.2) is 0 Å². The van der Waals surface area contributed by atoms with Gasteiger partial charge in [-0.25, -0.2) is 8.42 Å². The van der Waals surface area contributed by atoms with E-state index in [4.69, 9.17) is 27.9 Å². The number of halogens is 2. The van der Waals surface area contributed by atoms with E-state index in [1.54, 1.807) is 67.6 Å². The highest BCUT2D eigenvalue weighted by Crippen LogP contribution is 2.25. The second kappa shape index (κ2) is 10.1. The molecule has 0 aliphatic rings. The van der Waals surface area contributed by atoms with Crippen LogP contribution in [0.4, 0.5) is 11.4 Å². The molecule has 3 aromatic rings. The van der Waals surface area contributed by atoms with Crippen LogP contribution in [0.3, 0.4) is 0 Å². The zero-order valence-corrected chi connectivity index (χ0v) is 19.6. The minimum atomic E-state index is -3.87. The van der Waals surface area contributed by atoms with E-state index in [9.17, 15) is 13.2 Å². The molecule has 1 amide bonds. The Labute approximate surface area is 196 Å². The third-order valence-electron chi connectivity index (χ3n) is 4.46. The maximum atomic E-state index is 12.9. The molecular formula is C23H20Cl2N2O4S. The zero-order chi connectivity index (χ0) is 23.3. The molecule has 3 aromatic carbocycles. The number of carbonyl (C=O) groups excluding carboxylic acids is 1. The number of methoxy groups -OCH3 is 1. The molecule has 0 bridgehead atoms. The van der Waals surface area contributed by atoms with Crippen molar-refractivity contribution in [3.63, 3.8) is 0 Å². The predicted molar refractivity (Wildman–Crippen MR) is 129 cm³/mol. The number of sulfonamides is 1. The van der Waals surface area contributed by atoms with E-state index >= 15 is 0 Å². The van der Waals surface area contributed by atoms with E-state index in [0.717, 1.165) is 0 Å². The first kappa shape index (κ1) is 23.7. The van der Waals surface area contributed by atoms with Crippen molar-refractivity contribution < 1.29 is 17.9 Å². The van der Waals surface area contributed by atoms with Crippen LogP contribution in [0.2, 0.25) is 10.0 Å². The van der Waals surface area contributed by atoms with E-state index in [-0.39, 0.29) is 4.90 Å². The van der Waals surface area contributed by atoms with Crippen molar-refractivity contribution in [1.82, 2.24) is 0 Å². The van der Waals surface area contributed by atoms with Crippen molar-refractivity contribution in [1.29, 1.82) is 0 Å². The Morgan fingerprint density at radius 2 is 1.62 bits per heavy atom. The van der Waals surface area contributed by atoms with Crippen LogP contribution in [-0.4, -0.2) is 21.4 Å². The molecule has 0 fully saturated rings. The fourth-order valence-corrected chi connectivity index (χ4v) is 4.45. The molecule has 0 saturated carbocycles. The first-order valence-corrected chi connectivity index (χ1v) is 11.6. The standard InChI is InChI=1S/C23H20Cl2N2O4S/c1-15-3-6-18(26-23(28)12-5-16-4-11-20(24)21(25)13-16)14-22(15)32(29,30)27-17-7-9-19(31-2)10-8-17/h3-14,27H,1-2H3,(H,26,28)/b12-5+. The lowest BCUT2D eigenvalue weighted by Crippen LogP contribution is -2.15. The number of ether oxygens (including phenoxy) is 1. The summed E-state index contributed by atoms with van der Waals surface area (Å²) in [4.78, 5) is 12.4. The Bertz CT molecular complexity index is 1270. The van der Waals surface area contributed by atoms with Crippen molar-refractivity contribution in [3.05, 3.63) is 87.9 Å². The van der Waals surface area contributed by atoms with Gasteiger partial charge in [0.25, 0.3) is 10.0 Å². The smallest absolute Gasteiger partial charge is 0.262 e. The first-order valence-electron chi connectivity index (χ1n) is 9.39. The Morgan fingerprint density at radius 1 is 0.938 bits per heavy atom. The number of rotatable bonds is 7. The summed E-state index contributed by atoms with van der Waals surface area (Å²) in [6.45, 7) is 1.68. The van der Waals surface area contributed by atoms with Crippen LogP contribution in [0, 0.1) is 6.92 Å². The van der Waals surface area contributed by atoms with Crippen LogP contribution in [-0.2, 0) is 14.8 Å². The lowest BCUT2D eigenvalue weighted by Gasteiger charge is -2.12. The Morgan fingerprint density at radius 3 is 2.28 bits per heavy atom. The molecule has 2 N–H and O–H groups in total. The second-order valence-electron chi connectivity index (χ2n) is 6.81. The molecule has 0 heterocycles. The van der Waals surface area contributed by atoms with Crippen molar-refractivity contribution in [2.45, 2.75) is 11.8 Å². The van der Waals surface area contributed by atoms with E-state index in [1.807, 2.05) is 0 Å². The van der Waals surface area contributed by atoms with E-state index in [0.29, 0.717) is 38.3 Å². The Balaban J connectivity index is 1.75. The minimum absolute atomic E-state index is 0.0552. The van der Waals surface area contributed by atoms with Crippen molar-refractivity contribution in [2.75, 3.05) is 17.1 Å². The fraction of sp³-hybridized carbons (Fsp3) is 0.0870. The minimum Gasteiger partial charge on any atom is -0.497 e. The number of carbonyl (C=O) groups is 1. The molecule has 0 unspecified atom stereocenters. The lowest BCUT2D eigenvalue weighted by molar-refractivity contribution is -0.111. The van der Waals surface area contributed by atoms with Gasteiger partial charge < -0.3 is 10.1 Å². The normalized spacial score (nSPS) is 11.4. The first-order chi connectivity index (χ1) is 15.2. The number of hydrogen-bond donors (Lipinski definition) is 2. The summed E-state index contributed by atoms with van der Waals surface area (Å²) in [5.74, 6) is 0.189. The summed E-state index contributed by atoms with van der Waals surface area (Å²) < 4.78 is 33.4. The third kappa shape index (κ3) is 6.03. The van der Waals surface area contributed by atoms with Crippen LogP contribution >= 0.6 is 23.2 Å². The number of hydrogen-bond acceptors (Lipinski definition) is 4. The molecule has 6 nitrogen and oxygen atoms in total. The van der Waals surface area contributed by atoms with Gasteiger partial charge >= 0.3 is 0 Å². The quantitative estimate of drug-likeness (QED) is 0.412. The van der Waals surface area contributed by atoms with Crippen LogP contribution < -0.4 is 14.8 Å². The second-order valence-corrected chi connectivity index (χ2v) is 9.28. The molecule has 0 aromatic heterocycles. The van der Waals surface area contributed by atoms with Gasteiger partial charge in [-0.15, -0.1) is 0 Å². The number of anilines is 2. The van der Waals surface area contributed by atoms with Gasteiger partial charge in [0.1, 0.15) is 5.75 Å². The molecule has 0 atom stereocenters. The van der Waals surface area contributed by atoms with Crippen molar-refractivity contribution in [3.8, 4) is 5.75 Å². The monoisotopic (exact) mass is 490 g/mol. The maximum absolute atomic E-state index is 12.9. The van der Waals surface area contributed by atoms with Gasteiger partial charge in [-0.2, -0.15) is 0 Å². The molecular weight excluding hydrogens is 471 g/mol. The maximum Gasteiger partial charge on any atom is 0.262 e. The molecule has 0 radical (unpaired) electrons. The number of benzene rings is 3. The van der Waals surface area contributed by atoms with Crippen LogP contribution in [0.5, 0.6) is 5.75 Å². The summed E-state index contributed by atoms with van der Waals surface area (Å²) in [6.07, 6.45) is 2.90. The molecule has 0 aliphatic carbocycles. The van der Waals surface area contributed by atoms with Crippen LogP contribution in [0.1, 0.15) is 11.1 Å². The molecule has 3 rings (SSSR count). The Kier molecular flexibility index (Phi) is 7.45.